The highest BCUT2D eigenvalue weighted by molar-refractivity contribution is 7.99. The van der Waals surface area contributed by atoms with Crippen LogP contribution >= 0.6 is 11.8 Å². The highest BCUT2D eigenvalue weighted by Crippen LogP contribution is 2.17. The second kappa shape index (κ2) is 7.40. The summed E-state index contributed by atoms with van der Waals surface area (Å²) in [6.45, 7) is 0.937. The molecule has 5 heteroatoms. The van der Waals surface area contributed by atoms with Gasteiger partial charge in [-0.1, -0.05) is 12.1 Å². The van der Waals surface area contributed by atoms with Crippen molar-refractivity contribution in [2.45, 2.75) is 18.9 Å². The number of nitrogens with one attached hydrogen (secondary N) is 1. The molecule has 0 bridgehead atoms. The quantitative estimate of drug-likeness (QED) is 0.787. The minimum atomic E-state index is -0.456. The summed E-state index contributed by atoms with van der Waals surface area (Å²) in [5.41, 5.74) is 6.29. The number of primary amides is 1. The second-order valence-corrected chi connectivity index (χ2v) is 5.81. The van der Waals surface area contributed by atoms with Crippen molar-refractivity contribution in [2.75, 3.05) is 24.7 Å². The third-order valence-electron chi connectivity index (χ3n) is 3.08. The molecule has 0 radical (unpaired) electrons. The van der Waals surface area contributed by atoms with E-state index in [0.29, 0.717) is 11.8 Å². The van der Waals surface area contributed by atoms with E-state index in [1.165, 1.54) is 23.5 Å². The van der Waals surface area contributed by atoms with Crippen LogP contribution in [0.2, 0.25) is 0 Å². The van der Waals surface area contributed by atoms with Gasteiger partial charge in [0.1, 0.15) is 5.75 Å². The number of hydrogen-bond acceptors (Lipinski definition) is 4. The lowest BCUT2D eigenvalue weighted by atomic mass is 10.1. The van der Waals surface area contributed by atoms with Gasteiger partial charge in [-0.05, 0) is 42.8 Å². The number of hydrogen-bond donors (Lipinski definition) is 2. The molecule has 1 fully saturated rings. The number of benzene rings is 1. The third kappa shape index (κ3) is 5.12. The summed E-state index contributed by atoms with van der Waals surface area (Å²) in [4.78, 5) is 10.6. The lowest BCUT2D eigenvalue weighted by molar-refractivity contribution is -0.119. The van der Waals surface area contributed by atoms with Crippen molar-refractivity contribution in [2.24, 2.45) is 5.73 Å². The Morgan fingerprint density at radius 1 is 1.42 bits per heavy atom. The predicted octanol–water partition coefficient (Wildman–Crippen LogP) is 1.19. The Labute approximate surface area is 118 Å². The van der Waals surface area contributed by atoms with E-state index in [4.69, 9.17) is 10.5 Å². The van der Waals surface area contributed by atoms with Crippen molar-refractivity contribution in [3.63, 3.8) is 0 Å². The molecule has 1 saturated heterocycles. The summed E-state index contributed by atoms with van der Waals surface area (Å²) < 4.78 is 5.22. The van der Waals surface area contributed by atoms with E-state index in [9.17, 15) is 4.79 Å². The Bertz CT molecular complexity index is 402. The number of thioether (sulfide) groups is 1. The van der Waals surface area contributed by atoms with Gasteiger partial charge in [0, 0.05) is 11.8 Å². The number of amides is 1. The van der Waals surface area contributed by atoms with E-state index in [2.05, 4.69) is 5.32 Å². The van der Waals surface area contributed by atoms with Crippen molar-refractivity contribution < 1.29 is 9.53 Å². The molecule has 1 aromatic rings. The number of nitrogens with two attached hydrogens (primary N) is 1. The summed E-state index contributed by atoms with van der Waals surface area (Å²) in [6.07, 6.45) is 2.29. The van der Waals surface area contributed by atoms with Crippen LogP contribution in [0.15, 0.2) is 24.3 Å². The molecule has 1 heterocycles. The summed E-state index contributed by atoms with van der Waals surface area (Å²) in [6, 6.07) is 8.50. The Hall–Kier alpha value is -1.20. The molecule has 1 aromatic carbocycles. The molecule has 0 aliphatic carbocycles. The van der Waals surface area contributed by atoms with Crippen molar-refractivity contribution in [1.29, 1.82) is 0 Å². The summed E-state index contributed by atoms with van der Waals surface area (Å²) in [5.74, 6) is 2.74. The normalized spacial score (nSPS) is 18.4. The number of carbonyl (C=O) groups excluding carboxylic acids is 1. The minimum absolute atomic E-state index is 0.0692. The largest absolute Gasteiger partial charge is 0.484 e. The Balaban J connectivity index is 1.70. The van der Waals surface area contributed by atoms with Gasteiger partial charge in [-0.2, -0.15) is 11.8 Å². The molecule has 1 atom stereocenters. The number of rotatable bonds is 7. The molecule has 104 valence electrons. The maximum absolute atomic E-state index is 10.6. The fraction of sp³-hybridized carbons (Fsp3) is 0.500. The average Bonchev–Trinajstić information content (AvgIpc) is 2.91. The highest BCUT2D eigenvalue weighted by Gasteiger charge is 2.13. The molecule has 4 nitrogen and oxygen atoms in total. The van der Waals surface area contributed by atoms with Crippen molar-refractivity contribution in [3.05, 3.63) is 29.8 Å². The van der Waals surface area contributed by atoms with Crippen LogP contribution in [0.1, 0.15) is 12.0 Å². The summed E-state index contributed by atoms with van der Waals surface area (Å²) in [5, 5.41) is 3.57. The minimum Gasteiger partial charge on any atom is -0.484 e. The first-order chi connectivity index (χ1) is 9.24. The maximum atomic E-state index is 10.6. The first-order valence-electron chi connectivity index (χ1n) is 6.55. The fourth-order valence-corrected chi connectivity index (χ4v) is 3.21. The topological polar surface area (TPSA) is 64.4 Å². The standard InChI is InChI=1S/C14H20N2O2S/c15-14(17)9-18-13-3-1-11(2-4-13)5-7-16-12-6-8-19-10-12/h1-4,12,16H,5-10H2,(H2,15,17)/t12-/m0/s1. The van der Waals surface area contributed by atoms with Gasteiger partial charge >= 0.3 is 0 Å². The van der Waals surface area contributed by atoms with Gasteiger partial charge in [0.15, 0.2) is 6.61 Å². The predicted molar refractivity (Wildman–Crippen MR) is 78.6 cm³/mol. The van der Waals surface area contributed by atoms with Crippen LogP contribution < -0.4 is 15.8 Å². The SMILES string of the molecule is NC(=O)COc1ccc(CCN[C@H]2CCSC2)cc1. The van der Waals surface area contributed by atoms with Crippen LogP contribution in [-0.2, 0) is 11.2 Å². The van der Waals surface area contributed by atoms with Gasteiger partial charge < -0.3 is 15.8 Å². The van der Waals surface area contributed by atoms with E-state index in [-0.39, 0.29) is 6.61 Å². The van der Waals surface area contributed by atoms with Gasteiger partial charge in [-0.15, -0.1) is 0 Å². The molecule has 1 amide bonds. The zero-order valence-electron chi connectivity index (χ0n) is 10.9. The molecule has 0 saturated carbocycles. The van der Waals surface area contributed by atoms with Gasteiger partial charge in [0.25, 0.3) is 5.91 Å². The molecule has 1 aliphatic rings. The summed E-state index contributed by atoms with van der Waals surface area (Å²) >= 11 is 2.02. The van der Waals surface area contributed by atoms with Crippen LogP contribution in [0.3, 0.4) is 0 Å². The molecule has 0 unspecified atom stereocenters. The molecule has 19 heavy (non-hydrogen) atoms. The number of ether oxygens (including phenoxy) is 1. The highest BCUT2D eigenvalue weighted by atomic mass is 32.2. The molecule has 3 N–H and O–H groups in total. The molecule has 1 aliphatic heterocycles. The monoisotopic (exact) mass is 280 g/mol. The Morgan fingerprint density at radius 2 is 2.21 bits per heavy atom. The average molecular weight is 280 g/mol. The smallest absolute Gasteiger partial charge is 0.255 e. The molecule has 2 rings (SSSR count). The van der Waals surface area contributed by atoms with E-state index in [1.54, 1.807) is 0 Å². The molecular weight excluding hydrogens is 260 g/mol. The van der Waals surface area contributed by atoms with Gasteiger partial charge in [0.05, 0.1) is 0 Å². The van der Waals surface area contributed by atoms with E-state index in [0.717, 1.165) is 13.0 Å². The van der Waals surface area contributed by atoms with Crippen LogP contribution in [0.5, 0.6) is 5.75 Å². The van der Waals surface area contributed by atoms with E-state index < -0.39 is 5.91 Å². The summed E-state index contributed by atoms with van der Waals surface area (Å²) in [7, 11) is 0. The first kappa shape index (κ1) is 14.2. The fourth-order valence-electron chi connectivity index (χ4n) is 2.02. The van der Waals surface area contributed by atoms with Gasteiger partial charge in [-0.25, -0.2) is 0 Å². The zero-order valence-corrected chi connectivity index (χ0v) is 11.7. The van der Waals surface area contributed by atoms with Crippen molar-refractivity contribution in [3.8, 4) is 5.75 Å². The van der Waals surface area contributed by atoms with Crippen molar-refractivity contribution in [1.82, 2.24) is 5.32 Å². The van der Waals surface area contributed by atoms with Crippen LogP contribution in [0.4, 0.5) is 0 Å². The molecule has 0 spiro atoms. The Morgan fingerprint density at radius 3 is 2.84 bits per heavy atom. The molecular formula is C14H20N2O2S. The molecule has 0 aromatic heterocycles. The van der Waals surface area contributed by atoms with E-state index in [1.807, 2.05) is 36.0 Å². The van der Waals surface area contributed by atoms with Gasteiger partial charge in [0.2, 0.25) is 0 Å². The van der Waals surface area contributed by atoms with Crippen LogP contribution in [-0.4, -0.2) is 36.6 Å². The third-order valence-corrected chi connectivity index (χ3v) is 4.24. The van der Waals surface area contributed by atoms with E-state index >= 15 is 0 Å². The second-order valence-electron chi connectivity index (χ2n) is 4.66. The Kier molecular flexibility index (Phi) is 5.54. The lowest BCUT2D eigenvalue weighted by Crippen LogP contribution is -2.30. The van der Waals surface area contributed by atoms with Crippen LogP contribution in [0, 0.1) is 0 Å². The lowest BCUT2D eigenvalue weighted by Gasteiger charge is -2.11. The first-order valence-corrected chi connectivity index (χ1v) is 7.70. The maximum Gasteiger partial charge on any atom is 0.255 e. The number of carbonyl (C=O) groups is 1. The van der Waals surface area contributed by atoms with Crippen LogP contribution in [0.25, 0.3) is 0 Å². The van der Waals surface area contributed by atoms with Crippen molar-refractivity contribution >= 4 is 17.7 Å². The zero-order chi connectivity index (χ0) is 13.5. The van der Waals surface area contributed by atoms with Gasteiger partial charge in [-0.3, -0.25) is 4.79 Å².